The molecule has 0 N–H and O–H groups in total. The van der Waals surface area contributed by atoms with Gasteiger partial charge in [0.05, 0.1) is 0 Å². The molecule has 0 bridgehead atoms. The summed E-state index contributed by atoms with van der Waals surface area (Å²) in [5.74, 6) is 0.0261. The van der Waals surface area contributed by atoms with Crippen LogP contribution in [0, 0.1) is 5.92 Å². The van der Waals surface area contributed by atoms with Crippen molar-refractivity contribution in [3.05, 3.63) is 11.6 Å². The number of carbonyl (C=O) groups is 2. The first-order chi connectivity index (χ1) is 7.95. The zero-order valence-electron chi connectivity index (χ0n) is 11.2. The van der Waals surface area contributed by atoms with Gasteiger partial charge in [-0.15, -0.1) is 0 Å². The molecule has 0 aliphatic carbocycles. The van der Waals surface area contributed by atoms with E-state index < -0.39 is 5.60 Å². The summed E-state index contributed by atoms with van der Waals surface area (Å²) < 4.78 is 5.54. The van der Waals surface area contributed by atoms with Crippen molar-refractivity contribution >= 4 is 11.8 Å². The molecule has 3 heteroatoms. The van der Waals surface area contributed by atoms with Crippen molar-refractivity contribution in [2.24, 2.45) is 5.92 Å². The number of hydrogen-bond acceptors (Lipinski definition) is 3. The van der Waals surface area contributed by atoms with E-state index >= 15 is 0 Å². The van der Waals surface area contributed by atoms with Crippen molar-refractivity contribution in [2.75, 3.05) is 0 Å². The molecule has 0 fully saturated rings. The third kappa shape index (κ3) is 2.96. The Kier molecular flexibility index (Phi) is 4.49. The molecule has 0 aromatic rings. The van der Waals surface area contributed by atoms with Gasteiger partial charge < -0.3 is 9.53 Å². The Morgan fingerprint density at radius 3 is 2.47 bits per heavy atom. The number of ketones is 1. The fraction of sp³-hybridized carbons (Fsp3) is 0.714. The summed E-state index contributed by atoms with van der Waals surface area (Å²) in [7, 11) is 0. The van der Waals surface area contributed by atoms with Gasteiger partial charge in [-0.1, -0.05) is 20.3 Å². The van der Waals surface area contributed by atoms with Crippen molar-refractivity contribution in [3.63, 3.8) is 0 Å². The minimum atomic E-state index is -0.553. The van der Waals surface area contributed by atoms with Crippen molar-refractivity contribution in [1.82, 2.24) is 0 Å². The highest BCUT2D eigenvalue weighted by molar-refractivity contribution is 5.91. The molecule has 0 radical (unpaired) electrons. The first kappa shape index (κ1) is 13.9. The zero-order valence-corrected chi connectivity index (χ0v) is 11.2. The van der Waals surface area contributed by atoms with Gasteiger partial charge in [0.1, 0.15) is 11.4 Å². The molecule has 0 saturated heterocycles. The smallest absolute Gasteiger partial charge is 0.334 e. The molecule has 0 amide bonds. The lowest BCUT2D eigenvalue weighted by Crippen LogP contribution is -2.38. The molecule has 2 atom stereocenters. The molecule has 0 aromatic heterocycles. The Bertz CT molecular complexity index is 343. The second-order valence-corrected chi connectivity index (χ2v) is 4.92. The zero-order chi connectivity index (χ0) is 13.1. The quantitative estimate of drug-likeness (QED) is 0.668. The van der Waals surface area contributed by atoms with Crippen LogP contribution in [0.25, 0.3) is 0 Å². The highest BCUT2D eigenvalue weighted by Crippen LogP contribution is 2.39. The lowest BCUT2D eigenvalue weighted by atomic mass is 9.79. The third-order valence-electron chi connectivity index (χ3n) is 3.48. The highest BCUT2D eigenvalue weighted by atomic mass is 16.6. The Morgan fingerprint density at radius 1 is 1.47 bits per heavy atom. The molecule has 1 aliphatic rings. The van der Waals surface area contributed by atoms with E-state index in [0.29, 0.717) is 12.0 Å². The van der Waals surface area contributed by atoms with Gasteiger partial charge in [0.15, 0.2) is 0 Å². The van der Waals surface area contributed by atoms with Crippen LogP contribution in [-0.2, 0) is 14.3 Å². The molecular formula is C14H22O3. The van der Waals surface area contributed by atoms with Crippen LogP contribution in [0.4, 0.5) is 0 Å². The number of rotatable bonds is 6. The van der Waals surface area contributed by atoms with Crippen molar-refractivity contribution in [3.8, 4) is 0 Å². The molecule has 17 heavy (non-hydrogen) atoms. The van der Waals surface area contributed by atoms with Gasteiger partial charge in [-0.3, -0.25) is 0 Å². The minimum absolute atomic E-state index is 0.108. The van der Waals surface area contributed by atoms with Crippen molar-refractivity contribution in [2.45, 2.75) is 59.0 Å². The van der Waals surface area contributed by atoms with E-state index in [4.69, 9.17) is 4.74 Å². The fourth-order valence-corrected chi connectivity index (χ4v) is 2.59. The van der Waals surface area contributed by atoms with Crippen LogP contribution >= 0.6 is 0 Å². The average molecular weight is 238 g/mol. The number of esters is 1. The topological polar surface area (TPSA) is 43.4 Å². The van der Waals surface area contributed by atoms with Crippen LogP contribution in [-0.4, -0.2) is 17.4 Å². The molecule has 3 nitrogen and oxygen atoms in total. The Labute approximate surface area is 103 Å². The van der Waals surface area contributed by atoms with E-state index in [2.05, 4.69) is 6.92 Å². The van der Waals surface area contributed by atoms with E-state index in [-0.39, 0.29) is 17.7 Å². The first-order valence-electron chi connectivity index (χ1n) is 6.37. The SMILES string of the molecule is CCC[C@H](CC(C)=O)[C@]1(CC)C=C(C)C(=O)O1. The molecule has 0 aromatic carbocycles. The van der Waals surface area contributed by atoms with Gasteiger partial charge in [-0.2, -0.15) is 0 Å². The summed E-state index contributed by atoms with van der Waals surface area (Å²) in [6.45, 7) is 7.46. The van der Waals surface area contributed by atoms with Crippen LogP contribution in [0.3, 0.4) is 0 Å². The van der Waals surface area contributed by atoms with Crippen LogP contribution in [0.5, 0.6) is 0 Å². The number of ether oxygens (including phenoxy) is 1. The van der Waals surface area contributed by atoms with Crippen LogP contribution in [0.2, 0.25) is 0 Å². The third-order valence-corrected chi connectivity index (χ3v) is 3.48. The van der Waals surface area contributed by atoms with Gasteiger partial charge in [-0.05, 0) is 32.8 Å². The maximum absolute atomic E-state index is 11.6. The standard InChI is InChI=1S/C14H22O3/c1-5-7-12(8-11(4)15)14(6-2)9-10(3)13(16)17-14/h9,12H,5-8H2,1-4H3/t12-,14+/m1/s1. The van der Waals surface area contributed by atoms with Crippen molar-refractivity contribution < 1.29 is 14.3 Å². The average Bonchev–Trinajstić information content (AvgIpc) is 2.55. The summed E-state index contributed by atoms with van der Waals surface area (Å²) in [5, 5.41) is 0. The minimum Gasteiger partial charge on any atom is -0.451 e. The molecule has 0 unspecified atom stereocenters. The van der Waals surface area contributed by atoms with E-state index in [1.54, 1.807) is 13.8 Å². The Hall–Kier alpha value is -1.12. The summed E-state index contributed by atoms with van der Waals surface area (Å²) in [5.41, 5.74) is 0.111. The molecule has 0 spiro atoms. The lowest BCUT2D eigenvalue weighted by Gasteiger charge is -2.33. The van der Waals surface area contributed by atoms with Gasteiger partial charge >= 0.3 is 5.97 Å². The fourth-order valence-electron chi connectivity index (χ4n) is 2.59. The number of cyclic esters (lactones) is 1. The molecule has 96 valence electrons. The van der Waals surface area contributed by atoms with Crippen LogP contribution < -0.4 is 0 Å². The maximum atomic E-state index is 11.6. The number of hydrogen-bond donors (Lipinski definition) is 0. The molecular weight excluding hydrogens is 216 g/mol. The van der Waals surface area contributed by atoms with Gasteiger partial charge in [-0.25, -0.2) is 4.79 Å². The number of carbonyl (C=O) groups excluding carboxylic acids is 2. The molecule has 1 rings (SSSR count). The normalized spacial score (nSPS) is 25.4. The second kappa shape index (κ2) is 5.48. The summed E-state index contributed by atoms with van der Waals surface area (Å²) in [6.07, 6.45) is 5.03. The van der Waals surface area contributed by atoms with E-state index in [9.17, 15) is 9.59 Å². The lowest BCUT2D eigenvalue weighted by molar-refractivity contribution is -0.152. The summed E-state index contributed by atoms with van der Waals surface area (Å²) in [4.78, 5) is 22.9. The van der Waals surface area contributed by atoms with Crippen LogP contribution in [0.15, 0.2) is 11.6 Å². The van der Waals surface area contributed by atoms with E-state index in [0.717, 1.165) is 19.3 Å². The van der Waals surface area contributed by atoms with Crippen molar-refractivity contribution in [1.29, 1.82) is 0 Å². The van der Waals surface area contributed by atoms with E-state index in [1.807, 2.05) is 13.0 Å². The van der Waals surface area contributed by atoms with Gasteiger partial charge in [0.2, 0.25) is 0 Å². The largest absolute Gasteiger partial charge is 0.451 e. The predicted octanol–water partition coefficient (Wildman–Crippen LogP) is 3.03. The van der Waals surface area contributed by atoms with Gasteiger partial charge in [0, 0.05) is 17.9 Å². The second-order valence-electron chi connectivity index (χ2n) is 4.92. The number of Topliss-reactive ketones (excluding diaryl/α,β-unsaturated/α-hetero) is 1. The maximum Gasteiger partial charge on any atom is 0.334 e. The molecule has 0 saturated carbocycles. The van der Waals surface area contributed by atoms with Crippen LogP contribution in [0.1, 0.15) is 53.4 Å². The summed E-state index contributed by atoms with van der Waals surface area (Å²) >= 11 is 0. The molecule has 1 aliphatic heterocycles. The monoisotopic (exact) mass is 238 g/mol. The Balaban J connectivity index is 2.97. The highest BCUT2D eigenvalue weighted by Gasteiger charge is 2.43. The van der Waals surface area contributed by atoms with E-state index in [1.165, 1.54) is 0 Å². The predicted molar refractivity (Wildman–Crippen MR) is 66.6 cm³/mol. The first-order valence-corrected chi connectivity index (χ1v) is 6.37. The van der Waals surface area contributed by atoms with Gasteiger partial charge in [0.25, 0.3) is 0 Å². The Morgan fingerprint density at radius 2 is 2.12 bits per heavy atom. The molecule has 1 heterocycles. The summed E-state index contributed by atoms with van der Waals surface area (Å²) in [6, 6.07) is 0.